The molecule has 3 atom stereocenters. The third-order valence-electron chi connectivity index (χ3n) is 3.37. The van der Waals surface area contributed by atoms with Crippen LogP contribution in [-0.4, -0.2) is 39.2 Å². The summed E-state index contributed by atoms with van der Waals surface area (Å²) in [7, 11) is -1.70. The molecule has 2 N–H and O–H groups in total. The van der Waals surface area contributed by atoms with Crippen LogP contribution in [0.2, 0.25) is 5.02 Å². The van der Waals surface area contributed by atoms with Gasteiger partial charge in [-0.05, 0) is 17.7 Å². The van der Waals surface area contributed by atoms with E-state index in [0.29, 0.717) is 5.02 Å². The molecule has 1 aliphatic carbocycles. The first kappa shape index (κ1) is 13.8. The monoisotopic (exact) mass is 289 g/mol. The predicted octanol–water partition coefficient (Wildman–Crippen LogP) is 1.19. The fourth-order valence-electron chi connectivity index (χ4n) is 2.68. The van der Waals surface area contributed by atoms with E-state index >= 15 is 0 Å². The Bertz CT molecular complexity index is 560. The van der Waals surface area contributed by atoms with E-state index < -0.39 is 20.6 Å². The van der Waals surface area contributed by atoms with Crippen molar-refractivity contribution in [2.24, 2.45) is 5.73 Å². The molecule has 0 aromatic heterocycles. The highest BCUT2D eigenvalue weighted by Crippen LogP contribution is 2.54. The average molecular weight is 290 g/mol. The minimum absolute atomic E-state index is 0.210. The number of hydrogen-bond acceptors (Lipinski definition) is 4. The summed E-state index contributed by atoms with van der Waals surface area (Å²) in [5, 5.41) is -0.0326. The van der Waals surface area contributed by atoms with Crippen molar-refractivity contribution in [2.45, 2.75) is 16.7 Å². The molecule has 1 aromatic carbocycles. The predicted molar refractivity (Wildman–Crippen MR) is 71.6 cm³/mol. The molecular formula is C12H16ClNO3S. The number of sulfone groups is 1. The van der Waals surface area contributed by atoms with Gasteiger partial charge < -0.3 is 10.5 Å². The minimum atomic E-state index is -3.22. The van der Waals surface area contributed by atoms with E-state index in [-0.39, 0.29) is 12.5 Å². The average Bonchev–Trinajstić information content (AvgIpc) is 2.85. The van der Waals surface area contributed by atoms with Crippen molar-refractivity contribution < 1.29 is 13.2 Å². The molecule has 1 aromatic rings. The molecule has 0 radical (unpaired) electrons. The molecule has 6 heteroatoms. The Balaban J connectivity index is 2.39. The zero-order chi connectivity index (χ0) is 13.6. The van der Waals surface area contributed by atoms with Gasteiger partial charge in [-0.3, -0.25) is 0 Å². The molecule has 2 rings (SSSR count). The summed E-state index contributed by atoms with van der Waals surface area (Å²) in [4.78, 5) is 0. The van der Waals surface area contributed by atoms with E-state index in [1.54, 1.807) is 18.2 Å². The van der Waals surface area contributed by atoms with Crippen LogP contribution in [0.4, 0.5) is 0 Å². The number of rotatable bonds is 4. The van der Waals surface area contributed by atoms with Crippen molar-refractivity contribution in [1.82, 2.24) is 0 Å². The standard InChI is InChI=1S/C12H16ClNO3S/c1-17-7-12(14)10(11(12)18(2,15)16)8-4-3-5-9(13)6-8/h3-6,10-11H,7,14H2,1-2H3/t10-,11+,12-/m0/s1. The number of hydrogen-bond donors (Lipinski definition) is 1. The maximum Gasteiger partial charge on any atom is 0.152 e. The summed E-state index contributed by atoms with van der Waals surface area (Å²) in [5.41, 5.74) is 6.16. The third-order valence-corrected chi connectivity index (χ3v) is 5.23. The maximum atomic E-state index is 11.8. The summed E-state index contributed by atoms with van der Waals surface area (Å²) in [6, 6.07) is 7.15. The zero-order valence-corrected chi connectivity index (χ0v) is 11.8. The fraction of sp³-hybridized carbons (Fsp3) is 0.500. The minimum Gasteiger partial charge on any atom is -0.383 e. The number of halogens is 1. The lowest BCUT2D eigenvalue weighted by molar-refractivity contribution is 0.171. The molecule has 1 saturated carbocycles. The van der Waals surface area contributed by atoms with Crippen LogP contribution in [0, 0.1) is 0 Å². The molecule has 0 aliphatic heterocycles. The molecule has 100 valence electrons. The lowest BCUT2D eigenvalue weighted by Crippen LogP contribution is -2.35. The molecule has 0 unspecified atom stereocenters. The Morgan fingerprint density at radius 2 is 2.17 bits per heavy atom. The first-order valence-electron chi connectivity index (χ1n) is 5.53. The van der Waals surface area contributed by atoms with E-state index in [4.69, 9.17) is 22.1 Å². The van der Waals surface area contributed by atoms with Crippen molar-refractivity contribution in [3.05, 3.63) is 34.9 Å². The van der Waals surface area contributed by atoms with E-state index in [9.17, 15) is 8.42 Å². The Morgan fingerprint density at radius 3 is 2.67 bits per heavy atom. The van der Waals surface area contributed by atoms with Gasteiger partial charge >= 0.3 is 0 Å². The Hall–Kier alpha value is -0.620. The van der Waals surface area contributed by atoms with Crippen molar-refractivity contribution in [2.75, 3.05) is 20.0 Å². The summed E-state index contributed by atoms with van der Waals surface area (Å²) < 4.78 is 28.6. The van der Waals surface area contributed by atoms with Gasteiger partial charge in [0.25, 0.3) is 0 Å². The van der Waals surface area contributed by atoms with E-state index in [1.807, 2.05) is 6.07 Å². The van der Waals surface area contributed by atoms with Crippen LogP contribution in [0.1, 0.15) is 11.5 Å². The summed E-state index contributed by atoms with van der Waals surface area (Å²) in [5.74, 6) is -0.258. The van der Waals surface area contributed by atoms with Crippen LogP contribution in [-0.2, 0) is 14.6 Å². The van der Waals surface area contributed by atoms with Crippen LogP contribution in [0.5, 0.6) is 0 Å². The Labute approximate surface area is 112 Å². The van der Waals surface area contributed by atoms with Gasteiger partial charge in [-0.25, -0.2) is 8.42 Å². The fourth-order valence-corrected chi connectivity index (χ4v) is 4.71. The van der Waals surface area contributed by atoms with Gasteiger partial charge in [0.15, 0.2) is 9.84 Å². The first-order valence-corrected chi connectivity index (χ1v) is 7.86. The van der Waals surface area contributed by atoms with Crippen molar-refractivity contribution >= 4 is 21.4 Å². The maximum absolute atomic E-state index is 11.8. The topological polar surface area (TPSA) is 69.4 Å². The first-order chi connectivity index (χ1) is 8.30. The van der Waals surface area contributed by atoms with Crippen molar-refractivity contribution in [1.29, 1.82) is 0 Å². The lowest BCUT2D eigenvalue weighted by atomic mass is 10.1. The number of ether oxygens (including phenoxy) is 1. The SMILES string of the molecule is COC[C@@]1(N)[C@H](S(C)(=O)=O)[C@@H]1c1cccc(Cl)c1. The smallest absolute Gasteiger partial charge is 0.152 e. The quantitative estimate of drug-likeness (QED) is 0.904. The zero-order valence-electron chi connectivity index (χ0n) is 10.3. The largest absolute Gasteiger partial charge is 0.383 e. The highest BCUT2D eigenvalue weighted by Gasteiger charge is 2.67. The number of methoxy groups -OCH3 is 1. The normalized spacial score (nSPS) is 31.3. The Morgan fingerprint density at radius 1 is 1.50 bits per heavy atom. The van der Waals surface area contributed by atoms with Crippen LogP contribution in [0.15, 0.2) is 24.3 Å². The highest BCUT2D eigenvalue weighted by molar-refractivity contribution is 7.91. The molecule has 0 saturated heterocycles. The molecule has 18 heavy (non-hydrogen) atoms. The lowest BCUT2D eigenvalue weighted by Gasteiger charge is -2.10. The van der Waals surface area contributed by atoms with E-state index in [1.165, 1.54) is 13.4 Å². The van der Waals surface area contributed by atoms with Gasteiger partial charge in [-0.2, -0.15) is 0 Å². The summed E-state index contributed by atoms with van der Waals surface area (Å²) >= 11 is 5.93. The molecule has 1 aliphatic rings. The van der Waals surface area contributed by atoms with E-state index in [2.05, 4.69) is 0 Å². The molecule has 0 spiro atoms. The van der Waals surface area contributed by atoms with Crippen molar-refractivity contribution in [3.8, 4) is 0 Å². The molecule has 0 amide bonds. The Kier molecular flexibility index (Phi) is 3.44. The highest BCUT2D eigenvalue weighted by atomic mass is 35.5. The third kappa shape index (κ3) is 2.28. The van der Waals surface area contributed by atoms with Crippen LogP contribution in [0.3, 0.4) is 0 Å². The van der Waals surface area contributed by atoms with Gasteiger partial charge in [-0.15, -0.1) is 0 Å². The van der Waals surface area contributed by atoms with Gasteiger partial charge in [-0.1, -0.05) is 23.7 Å². The van der Waals surface area contributed by atoms with Gasteiger partial charge in [0.1, 0.15) is 0 Å². The molecule has 0 bridgehead atoms. The number of nitrogens with two attached hydrogens (primary N) is 1. The summed E-state index contributed by atoms with van der Waals surface area (Å²) in [6.07, 6.45) is 1.21. The molecule has 0 heterocycles. The van der Waals surface area contributed by atoms with Gasteiger partial charge in [0.2, 0.25) is 0 Å². The van der Waals surface area contributed by atoms with E-state index in [0.717, 1.165) is 5.56 Å². The summed E-state index contributed by atoms with van der Waals surface area (Å²) in [6.45, 7) is 0.210. The second-order valence-electron chi connectivity index (χ2n) is 4.83. The van der Waals surface area contributed by atoms with Crippen LogP contribution in [0.25, 0.3) is 0 Å². The number of benzene rings is 1. The second-order valence-corrected chi connectivity index (χ2v) is 7.43. The van der Waals surface area contributed by atoms with Gasteiger partial charge in [0.05, 0.1) is 17.4 Å². The molecular weight excluding hydrogens is 274 g/mol. The second kappa shape index (κ2) is 4.49. The molecule has 4 nitrogen and oxygen atoms in total. The van der Waals surface area contributed by atoms with Crippen LogP contribution < -0.4 is 5.73 Å². The molecule has 1 fully saturated rings. The van der Waals surface area contributed by atoms with Crippen LogP contribution >= 0.6 is 11.6 Å². The van der Waals surface area contributed by atoms with Crippen molar-refractivity contribution in [3.63, 3.8) is 0 Å². The van der Waals surface area contributed by atoms with Gasteiger partial charge in [0, 0.05) is 24.3 Å².